The molecule has 4 N–H and O–H groups in total. The van der Waals surface area contributed by atoms with Crippen LogP contribution in [-0.2, 0) is 6.42 Å². The average Bonchev–Trinajstić information content (AvgIpc) is 2.82. The van der Waals surface area contributed by atoms with Crippen LogP contribution in [0.1, 0.15) is 29.3 Å². The lowest BCUT2D eigenvalue weighted by atomic mass is 9.80. The zero-order valence-corrected chi connectivity index (χ0v) is 19.2. The number of anilines is 2. The molecule has 0 spiro atoms. The van der Waals surface area contributed by atoms with Crippen LogP contribution in [0.25, 0.3) is 0 Å². The molecule has 2 aromatic rings. The van der Waals surface area contributed by atoms with E-state index in [0.29, 0.717) is 13.0 Å². The Morgan fingerprint density at radius 1 is 1.10 bits per heavy atom. The van der Waals surface area contributed by atoms with E-state index in [1.807, 2.05) is 26.2 Å². The minimum absolute atomic E-state index is 0.178. The molecule has 2 aromatic carbocycles. The van der Waals surface area contributed by atoms with E-state index < -0.39 is 5.54 Å². The normalized spacial score (nSPS) is 16.2. The van der Waals surface area contributed by atoms with E-state index in [4.69, 9.17) is 5.73 Å². The van der Waals surface area contributed by atoms with E-state index in [2.05, 4.69) is 63.8 Å². The number of likely N-dealkylation sites (N-methyl/N-ethyl adjacent to an activating group) is 1. The number of benzene rings is 2. The van der Waals surface area contributed by atoms with E-state index in [-0.39, 0.29) is 5.78 Å². The summed E-state index contributed by atoms with van der Waals surface area (Å²) in [6.07, 6.45) is 1.41. The molecule has 0 saturated carbocycles. The van der Waals surface area contributed by atoms with Crippen molar-refractivity contribution in [1.29, 1.82) is 0 Å². The second-order valence-corrected chi connectivity index (χ2v) is 8.48. The standard InChI is InChI=1S/C25H37N5O/c1-4-25(29(2)3,19-20-5-9-22(10-6-20)28-14-13-26)24(31)21-7-11-23(12-8-21)30-17-15-27-16-18-30/h5-12,27-28H,4,13-19,26H2,1-3H3. The number of ketones is 1. The third-order valence-electron chi connectivity index (χ3n) is 6.40. The van der Waals surface area contributed by atoms with Gasteiger partial charge in [0, 0.05) is 56.2 Å². The van der Waals surface area contributed by atoms with Crippen molar-refractivity contribution in [2.75, 3.05) is 63.6 Å². The molecule has 1 atom stereocenters. The topological polar surface area (TPSA) is 73.6 Å². The lowest BCUT2D eigenvalue weighted by Crippen LogP contribution is -2.52. The fraction of sp³-hybridized carbons (Fsp3) is 0.480. The molecule has 3 rings (SSSR count). The van der Waals surface area contributed by atoms with Crippen molar-refractivity contribution < 1.29 is 4.79 Å². The number of hydrogen-bond acceptors (Lipinski definition) is 6. The van der Waals surface area contributed by atoms with Gasteiger partial charge >= 0.3 is 0 Å². The number of rotatable bonds is 10. The van der Waals surface area contributed by atoms with Gasteiger partial charge in [0.05, 0.1) is 5.54 Å². The first kappa shape index (κ1) is 23.3. The van der Waals surface area contributed by atoms with E-state index >= 15 is 0 Å². The summed E-state index contributed by atoms with van der Waals surface area (Å²) in [5.74, 6) is 0.178. The Morgan fingerprint density at radius 3 is 2.29 bits per heavy atom. The van der Waals surface area contributed by atoms with Crippen molar-refractivity contribution >= 4 is 17.2 Å². The molecule has 1 fully saturated rings. The molecule has 6 heteroatoms. The summed E-state index contributed by atoms with van der Waals surface area (Å²) in [7, 11) is 4.02. The van der Waals surface area contributed by atoms with Crippen molar-refractivity contribution in [1.82, 2.24) is 10.2 Å². The number of carbonyl (C=O) groups excluding carboxylic acids is 1. The predicted octanol–water partition coefficient (Wildman–Crippen LogP) is 2.60. The molecule has 1 heterocycles. The van der Waals surface area contributed by atoms with Gasteiger partial charge in [-0.2, -0.15) is 0 Å². The molecular weight excluding hydrogens is 386 g/mol. The van der Waals surface area contributed by atoms with Gasteiger partial charge < -0.3 is 21.3 Å². The van der Waals surface area contributed by atoms with Gasteiger partial charge in [-0.05, 0) is 68.9 Å². The molecule has 0 aliphatic carbocycles. The largest absolute Gasteiger partial charge is 0.384 e. The van der Waals surface area contributed by atoms with Crippen LogP contribution in [0.3, 0.4) is 0 Å². The molecule has 0 aromatic heterocycles. The van der Waals surface area contributed by atoms with Gasteiger partial charge in [0.2, 0.25) is 0 Å². The fourth-order valence-electron chi connectivity index (χ4n) is 4.35. The Hall–Kier alpha value is -2.41. The van der Waals surface area contributed by atoms with Crippen LogP contribution in [0.2, 0.25) is 0 Å². The second kappa shape index (κ2) is 10.8. The van der Waals surface area contributed by atoms with Crippen LogP contribution < -0.4 is 21.3 Å². The lowest BCUT2D eigenvalue weighted by molar-refractivity contribution is 0.0666. The predicted molar refractivity (Wildman–Crippen MR) is 130 cm³/mol. The number of nitrogens with two attached hydrogens (primary N) is 1. The Labute approximate surface area is 186 Å². The van der Waals surface area contributed by atoms with Crippen LogP contribution in [0.4, 0.5) is 11.4 Å². The van der Waals surface area contributed by atoms with Crippen LogP contribution in [0.15, 0.2) is 48.5 Å². The van der Waals surface area contributed by atoms with Crippen LogP contribution in [0, 0.1) is 0 Å². The lowest BCUT2D eigenvalue weighted by Gasteiger charge is -2.38. The molecule has 1 saturated heterocycles. The van der Waals surface area contributed by atoms with Gasteiger partial charge in [-0.15, -0.1) is 0 Å². The molecule has 0 radical (unpaired) electrons. The van der Waals surface area contributed by atoms with Crippen LogP contribution in [-0.4, -0.2) is 69.6 Å². The van der Waals surface area contributed by atoms with E-state index in [0.717, 1.165) is 56.0 Å². The molecule has 31 heavy (non-hydrogen) atoms. The first-order valence-corrected chi connectivity index (χ1v) is 11.3. The van der Waals surface area contributed by atoms with Crippen molar-refractivity contribution in [2.45, 2.75) is 25.3 Å². The van der Waals surface area contributed by atoms with Gasteiger partial charge in [0.1, 0.15) is 0 Å². The number of nitrogens with one attached hydrogen (secondary N) is 2. The monoisotopic (exact) mass is 423 g/mol. The number of Topliss-reactive ketones (excluding diaryl/α,β-unsaturated/α-hetero) is 1. The summed E-state index contributed by atoms with van der Waals surface area (Å²) >= 11 is 0. The van der Waals surface area contributed by atoms with Crippen LogP contribution in [0.5, 0.6) is 0 Å². The van der Waals surface area contributed by atoms with Gasteiger partial charge in [-0.3, -0.25) is 9.69 Å². The molecule has 1 unspecified atom stereocenters. The van der Waals surface area contributed by atoms with E-state index in [1.54, 1.807) is 0 Å². The minimum Gasteiger partial charge on any atom is -0.384 e. The summed E-state index contributed by atoms with van der Waals surface area (Å²) < 4.78 is 0. The Balaban J connectivity index is 1.79. The first-order chi connectivity index (χ1) is 15.0. The van der Waals surface area contributed by atoms with Gasteiger partial charge in [-0.25, -0.2) is 0 Å². The third-order valence-corrected chi connectivity index (χ3v) is 6.40. The van der Waals surface area contributed by atoms with Crippen LogP contribution >= 0.6 is 0 Å². The summed E-state index contributed by atoms with van der Waals surface area (Å²) in [5, 5.41) is 6.67. The Bertz CT molecular complexity index is 828. The SMILES string of the molecule is CCC(Cc1ccc(NCCN)cc1)(C(=O)c1ccc(N2CCNCC2)cc1)N(C)C. The van der Waals surface area contributed by atoms with Crippen molar-refractivity contribution in [2.24, 2.45) is 5.73 Å². The summed E-state index contributed by atoms with van der Waals surface area (Å²) in [6.45, 7) is 7.45. The highest BCUT2D eigenvalue weighted by Gasteiger charge is 2.39. The number of hydrogen-bond donors (Lipinski definition) is 3. The van der Waals surface area contributed by atoms with E-state index in [9.17, 15) is 4.79 Å². The number of piperazine rings is 1. The number of carbonyl (C=O) groups is 1. The summed E-state index contributed by atoms with van der Waals surface area (Å²) in [4.78, 5) is 18.2. The molecule has 1 aliphatic rings. The zero-order valence-electron chi connectivity index (χ0n) is 19.2. The molecular formula is C25H37N5O. The molecule has 6 nitrogen and oxygen atoms in total. The highest BCUT2D eigenvalue weighted by Crippen LogP contribution is 2.29. The Kier molecular flexibility index (Phi) is 8.07. The first-order valence-electron chi connectivity index (χ1n) is 11.3. The quantitative estimate of drug-likeness (QED) is 0.510. The maximum absolute atomic E-state index is 13.7. The smallest absolute Gasteiger partial charge is 0.183 e. The van der Waals surface area contributed by atoms with Gasteiger partial charge in [0.15, 0.2) is 5.78 Å². The van der Waals surface area contributed by atoms with Crippen molar-refractivity contribution in [3.63, 3.8) is 0 Å². The second-order valence-electron chi connectivity index (χ2n) is 8.48. The highest BCUT2D eigenvalue weighted by atomic mass is 16.1. The van der Waals surface area contributed by atoms with Crippen molar-refractivity contribution in [3.05, 3.63) is 59.7 Å². The third kappa shape index (κ3) is 5.45. The molecule has 0 amide bonds. The minimum atomic E-state index is -0.581. The number of nitrogens with zero attached hydrogens (tertiary/aromatic N) is 2. The maximum Gasteiger partial charge on any atom is 0.183 e. The fourth-order valence-corrected chi connectivity index (χ4v) is 4.35. The van der Waals surface area contributed by atoms with E-state index in [1.165, 1.54) is 5.69 Å². The maximum atomic E-state index is 13.7. The zero-order chi connectivity index (χ0) is 22.3. The summed E-state index contributed by atoms with van der Waals surface area (Å²) in [6, 6.07) is 16.5. The molecule has 0 bridgehead atoms. The molecule has 1 aliphatic heterocycles. The van der Waals surface area contributed by atoms with Gasteiger partial charge in [-0.1, -0.05) is 19.1 Å². The molecule has 168 valence electrons. The Morgan fingerprint density at radius 2 is 1.74 bits per heavy atom. The summed E-state index contributed by atoms with van der Waals surface area (Å²) in [5.41, 5.74) is 9.15. The highest BCUT2D eigenvalue weighted by molar-refractivity contribution is 6.03. The average molecular weight is 424 g/mol. The van der Waals surface area contributed by atoms with Crippen molar-refractivity contribution in [3.8, 4) is 0 Å². The van der Waals surface area contributed by atoms with Gasteiger partial charge in [0.25, 0.3) is 0 Å².